The predicted molar refractivity (Wildman–Crippen MR) is 63.1 cm³/mol. The molecule has 1 unspecified atom stereocenters. The first kappa shape index (κ1) is 11.4. The van der Waals surface area contributed by atoms with E-state index in [1.54, 1.807) is 0 Å². The maximum absolute atomic E-state index is 9.82. The van der Waals surface area contributed by atoms with E-state index < -0.39 is 6.10 Å². The fourth-order valence-corrected chi connectivity index (χ4v) is 1.77. The molecule has 1 aliphatic heterocycles. The molecule has 0 spiro atoms. The van der Waals surface area contributed by atoms with Crippen LogP contribution in [0.15, 0.2) is 24.4 Å². The second-order valence-corrected chi connectivity index (χ2v) is 3.96. The van der Waals surface area contributed by atoms with Crippen LogP contribution < -0.4 is 0 Å². The molecule has 0 amide bonds. The first-order chi connectivity index (χ1) is 7.84. The van der Waals surface area contributed by atoms with Crippen molar-refractivity contribution >= 4 is 6.08 Å². The Morgan fingerprint density at radius 2 is 2.31 bits per heavy atom. The number of hydrogen-bond acceptors (Lipinski definition) is 3. The summed E-state index contributed by atoms with van der Waals surface area (Å²) in [5.74, 6) is 0. The summed E-state index contributed by atoms with van der Waals surface area (Å²) in [6.45, 7) is 4.04. The maximum Gasteiger partial charge on any atom is 0.0851 e. The van der Waals surface area contributed by atoms with Crippen molar-refractivity contribution in [2.24, 2.45) is 0 Å². The molecule has 2 heterocycles. The van der Waals surface area contributed by atoms with Gasteiger partial charge in [0.25, 0.3) is 0 Å². The van der Waals surface area contributed by atoms with Gasteiger partial charge in [0.1, 0.15) is 0 Å². The van der Waals surface area contributed by atoms with Gasteiger partial charge in [0, 0.05) is 31.5 Å². The molecule has 4 heteroatoms. The Bertz CT molecular complexity index is 316. The second kappa shape index (κ2) is 5.84. The lowest BCUT2D eigenvalue weighted by Crippen LogP contribution is -2.40. The van der Waals surface area contributed by atoms with Crippen LogP contribution >= 0.6 is 0 Å². The molecule has 0 saturated carbocycles. The molecule has 2 N–H and O–H groups in total. The van der Waals surface area contributed by atoms with Crippen molar-refractivity contribution in [1.29, 1.82) is 0 Å². The Hall–Kier alpha value is -1.10. The van der Waals surface area contributed by atoms with Crippen molar-refractivity contribution in [2.45, 2.75) is 6.10 Å². The van der Waals surface area contributed by atoms with Crippen LogP contribution in [-0.4, -0.2) is 53.9 Å². The largest absolute Gasteiger partial charge is 0.388 e. The molecule has 1 aliphatic rings. The van der Waals surface area contributed by atoms with Gasteiger partial charge in [-0.1, -0.05) is 6.08 Å². The first-order valence-electron chi connectivity index (χ1n) is 5.64. The van der Waals surface area contributed by atoms with Crippen molar-refractivity contribution in [2.75, 3.05) is 32.8 Å². The molecule has 0 radical (unpaired) electrons. The zero-order valence-electron chi connectivity index (χ0n) is 9.30. The maximum atomic E-state index is 9.82. The van der Waals surface area contributed by atoms with Gasteiger partial charge in [-0.05, 0) is 18.2 Å². The minimum absolute atomic E-state index is 0.415. The fraction of sp³-hybridized carbons (Fsp3) is 0.500. The van der Waals surface area contributed by atoms with E-state index in [1.807, 2.05) is 30.5 Å². The number of hydrogen-bond donors (Lipinski definition) is 2. The van der Waals surface area contributed by atoms with E-state index in [2.05, 4.69) is 9.88 Å². The van der Waals surface area contributed by atoms with Crippen molar-refractivity contribution in [1.82, 2.24) is 9.88 Å². The highest BCUT2D eigenvalue weighted by atomic mass is 16.5. The highest BCUT2D eigenvalue weighted by Crippen LogP contribution is 2.02. The average molecular weight is 222 g/mol. The quantitative estimate of drug-likeness (QED) is 0.789. The Kier molecular flexibility index (Phi) is 4.16. The number of aromatic amines is 1. The summed E-state index contributed by atoms with van der Waals surface area (Å²) in [7, 11) is 0. The number of nitrogens with zero attached hydrogens (tertiary/aromatic N) is 1. The Morgan fingerprint density at radius 1 is 1.50 bits per heavy atom. The number of morpholine rings is 1. The molecule has 0 aliphatic carbocycles. The third-order valence-electron chi connectivity index (χ3n) is 2.67. The van der Waals surface area contributed by atoms with Crippen molar-refractivity contribution in [3.63, 3.8) is 0 Å². The molecule has 1 atom stereocenters. The van der Waals surface area contributed by atoms with Gasteiger partial charge in [0.05, 0.1) is 19.3 Å². The van der Waals surface area contributed by atoms with Crippen LogP contribution in [0.2, 0.25) is 0 Å². The molecule has 0 aromatic carbocycles. The van der Waals surface area contributed by atoms with Gasteiger partial charge in [0.15, 0.2) is 0 Å². The van der Waals surface area contributed by atoms with Crippen molar-refractivity contribution in [3.8, 4) is 0 Å². The van der Waals surface area contributed by atoms with Crippen LogP contribution in [0.3, 0.4) is 0 Å². The Balaban J connectivity index is 1.77. The van der Waals surface area contributed by atoms with Gasteiger partial charge < -0.3 is 14.8 Å². The number of ether oxygens (including phenoxy) is 1. The summed E-state index contributed by atoms with van der Waals surface area (Å²) in [6.07, 6.45) is 5.18. The Labute approximate surface area is 95.5 Å². The molecule has 1 aromatic rings. The van der Waals surface area contributed by atoms with Gasteiger partial charge in [-0.15, -0.1) is 0 Å². The minimum atomic E-state index is -0.415. The van der Waals surface area contributed by atoms with Gasteiger partial charge in [-0.25, -0.2) is 0 Å². The van der Waals surface area contributed by atoms with Crippen LogP contribution in [0, 0.1) is 0 Å². The lowest BCUT2D eigenvalue weighted by atomic mass is 10.2. The summed E-state index contributed by atoms with van der Waals surface area (Å²) >= 11 is 0. The first-order valence-corrected chi connectivity index (χ1v) is 5.64. The lowest BCUT2D eigenvalue weighted by molar-refractivity contribution is 0.0223. The molecule has 16 heavy (non-hydrogen) atoms. The summed E-state index contributed by atoms with van der Waals surface area (Å²) in [4.78, 5) is 5.28. The zero-order chi connectivity index (χ0) is 11.2. The fourth-order valence-electron chi connectivity index (χ4n) is 1.77. The van der Waals surface area contributed by atoms with E-state index in [1.165, 1.54) is 0 Å². The number of aromatic nitrogens is 1. The van der Waals surface area contributed by atoms with Crippen LogP contribution in [0.1, 0.15) is 5.69 Å². The average Bonchev–Trinajstić information content (AvgIpc) is 2.81. The smallest absolute Gasteiger partial charge is 0.0851 e. The molecular weight excluding hydrogens is 204 g/mol. The van der Waals surface area contributed by atoms with E-state index in [9.17, 15) is 5.11 Å². The van der Waals surface area contributed by atoms with E-state index >= 15 is 0 Å². The van der Waals surface area contributed by atoms with Crippen molar-refractivity contribution < 1.29 is 9.84 Å². The normalized spacial score (nSPS) is 20.3. The highest BCUT2D eigenvalue weighted by molar-refractivity contribution is 5.44. The number of H-pyrrole nitrogens is 1. The van der Waals surface area contributed by atoms with Gasteiger partial charge >= 0.3 is 0 Å². The van der Waals surface area contributed by atoms with E-state index in [0.29, 0.717) is 6.54 Å². The summed E-state index contributed by atoms with van der Waals surface area (Å²) in [5, 5.41) is 9.82. The van der Waals surface area contributed by atoms with Crippen LogP contribution in [0.5, 0.6) is 0 Å². The number of nitrogens with one attached hydrogen (secondary N) is 1. The van der Waals surface area contributed by atoms with Crippen LogP contribution in [0.4, 0.5) is 0 Å². The number of aliphatic hydroxyl groups is 1. The number of aliphatic hydroxyl groups excluding tert-OH is 1. The number of rotatable bonds is 4. The standard InChI is InChI=1S/C12H18N2O2/c15-12(4-3-11-2-1-5-13-11)10-14-6-8-16-9-7-14/h1-5,12-13,15H,6-10H2/b4-3+. The predicted octanol–water partition coefficient (Wildman–Crippen LogP) is 0.721. The third-order valence-corrected chi connectivity index (χ3v) is 2.67. The third kappa shape index (κ3) is 3.48. The molecular formula is C12H18N2O2. The number of β-amino-alcohol motifs (C(OH)–C–C–N with tert-alkyl or cyclic N) is 1. The second-order valence-electron chi connectivity index (χ2n) is 3.96. The Morgan fingerprint density at radius 3 is 3.00 bits per heavy atom. The summed E-state index contributed by atoms with van der Waals surface area (Å²) in [6, 6.07) is 3.91. The zero-order valence-corrected chi connectivity index (χ0v) is 9.30. The lowest BCUT2D eigenvalue weighted by Gasteiger charge is -2.27. The van der Waals surface area contributed by atoms with Crippen LogP contribution in [0.25, 0.3) is 6.08 Å². The molecule has 1 fully saturated rings. The topological polar surface area (TPSA) is 48.5 Å². The molecule has 1 saturated heterocycles. The van der Waals surface area contributed by atoms with E-state index in [4.69, 9.17) is 4.74 Å². The molecule has 88 valence electrons. The highest BCUT2D eigenvalue weighted by Gasteiger charge is 2.12. The van der Waals surface area contributed by atoms with Gasteiger partial charge in [-0.2, -0.15) is 0 Å². The van der Waals surface area contributed by atoms with Gasteiger partial charge in [-0.3, -0.25) is 4.90 Å². The van der Waals surface area contributed by atoms with Gasteiger partial charge in [0.2, 0.25) is 0 Å². The molecule has 4 nitrogen and oxygen atoms in total. The minimum Gasteiger partial charge on any atom is -0.388 e. The molecule has 2 rings (SSSR count). The summed E-state index contributed by atoms with van der Waals surface area (Å²) < 4.78 is 5.25. The van der Waals surface area contributed by atoms with E-state index in [-0.39, 0.29) is 0 Å². The monoisotopic (exact) mass is 222 g/mol. The molecule has 1 aromatic heterocycles. The van der Waals surface area contributed by atoms with Crippen molar-refractivity contribution in [3.05, 3.63) is 30.1 Å². The summed E-state index contributed by atoms with van der Waals surface area (Å²) in [5.41, 5.74) is 1.01. The van der Waals surface area contributed by atoms with Crippen LogP contribution in [-0.2, 0) is 4.74 Å². The molecule has 0 bridgehead atoms. The SMILES string of the molecule is OC(/C=C/c1ccc[nH]1)CN1CCOCC1. The van der Waals surface area contributed by atoms with E-state index in [0.717, 1.165) is 32.0 Å².